The minimum Gasteiger partial charge on any atom is -0.453 e. The lowest BCUT2D eigenvalue weighted by Gasteiger charge is -2.41. The zero-order valence-corrected chi connectivity index (χ0v) is 37.5. The van der Waals surface area contributed by atoms with Gasteiger partial charge < -0.3 is 34.9 Å². The molecule has 0 unspecified atom stereocenters. The number of nitrogens with one attached hydrogen (secondary N) is 3. The van der Waals surface area contributed by atoms with E-state index in [1.807, 2.05) is 37.5 Å². The Kier molecular flexibility index (Phi) is 10.3. The van der Waals surface area contributed by atoms with Crippen molar-refractivity contribution in [3.63, 3.8) is 0 Å². The Morgan fingerprint density at radius 3 is 1.83 bits per heavy atom. The molecular weight excluding hydrogens is 807 g/mol. The number of rotatable bonds is 10. The zero-order chi connectivity index (χ0) is 44.7. The Bertz CT molecular complexity index is 2760. The second-order valence-corrected chi connectivity index (χ2v) is 19.5. The first-order valence-electron chi connectivity index (χ1n) is 22.9. The molecule has 2 saturated carbocycles. The van der Waals surface area contributed by atoms with Crippen LogP contribution in [0.2, 0.25) is 0 Å². The van der Waals surface area contributed by atoms with Crippen LogP contribution < -0.4 is 10.6 Å². The number of aromatic amines is 1. The number of hydrogen-bond donors (Lipinski definition) is 3. The van der Waals surface area contributed by atoms with Gasteiger partial charge in [-0.3, -0.25) is 14.6 Å². The molecule has 4 amide bonds. The third-order valence-electron chi connectivity index (χ3n) is 15.1. The molecule has 0 spiro atoms. The van der Waals surface area contributed by atoms with E-state index in [9.17, 15) is 19.2 Å². The van der Waals surface area contributed by atoms with E-state index in [1.165, 1.54) is 14.2 Å². The lowest BCUT2D eigenvalue weighted by atomic mass is 9.86. The molecule has 6 atom stereocenters. The second-order valence-electron chi connectivity index (χ2n) is 19.5. The van der Waals surface area contributed by atoms with E-state index in [1.54, 1.807) is 0 Å². The van der Waals surface area contributed by atoms with E-state index in [2.05, 4.69) is 88.4 Å². The Morgan fingerprint density at radius 2 is 1.27 bits per heavy atom. The SMILES string of the molecule is COC(=O)N[C@H](C(=O)N1C[C@H]2CC[C@@]1(C1=Nc3cc(-c4cccc5c(-c6ccc7nc([C@@]89CC[C@H](CN8C(=O)[C@@H](NC(=O)OC)C(C)C)C9)[nH]c7c6)cccc45)ccc3C1)C2)C(C)C. The first-order chi connectivity index (χ1) is 30.8. The third kappa shape index (κ3) is 6.72. The lowest BCUT2D eigenvalue weighted by Crippen LogP contribution is -2.60. The number of methoxy groups -OCH3 is 2. The highest BCUT2D eigenvalue weighted by Crippen LogP contribution is 2.53. The molecule has 13 heteroatoms. The van der Waals surface area contributed by atoms with Gasteiger partial charge in [0.1, 0.15) is 23.4 Å². The number of ether oxygens (including phenoxy) is 2. The number of alkyl carbamates (subject to hydrolysis) is 2. The second kappa shape index (κ2) is 15.8. The Hall–Kier alpha value is -6.24. The number of aromatic nitrogens is 2. The van der Waals surface area contributed by atoms with Crippen LogP contribution in [0.1, 0.15) is 77.6 Å². The fourth-order valence-electron chi connectivity index (χ4n) is 11.8. The normalized spacial score (nSPS) is 24.1. The van der Waals surface area contributed by atoms with Gasteiger partial charge in [-0.15, -0.1) is 0 Å². The maximum atomic E-state index is 14.2. The fraction of sp³-hybridized carbons (Fsp3) is 0.451. The standard InChI is InChI=1S/C51H57N7O6/c1-28(2)43(55-48(61)63-5)45(59)57-26-30-17-19-50(57,24-30)42-23-34-14-13-32(21-40(34)52-42)35-9-7-12-38-36(10-8-11-37(35)38)33-15-16-39-41(22-33)54-47(53-39)51-20-18-31(25-51)27-58(51)46(60)44(29(3)4)56-49(62)64-6/h7-16,21-22,28-31,43-44H,17-20,23-27H2,1-6H3,(H,53,54)(H,55,61)(H,56,62)/t30-,31-,43-,44-,50-,51-/m0/s1. The first-order valence-corrected chi connectivity index (χ1v) is 22.9. The number of H-pyrrole nitrogens is 1. The summed E-state index contributed by atoms with van der Waals surface area (Å²) in [7, 11) is 2.63. The average molecular weight is 864 g/mol. The van der Waals surface area contributed by atoms with Gasteiger partial charge in [0.25, 0.3) is 0 Å². The summed E-state index contributed by atoms with van der Waals surface area (Å²) in [5.41, 5.74) is 8.24. The lowest BCUT2D eigenvalue weighted by molar-refractivity contribution is -0.140. The van der Waals surface area contributed by atoms with Crippen molar-refractivity contribution in [2.75, 3.05) is 27.3 Å². The quantitative estimate of drug-likeness (QED) is 0.127. The summed E-state index contributed by atoms with van der Waals surface area (Å²) in [6, 6.07) is 24.5. The van der Waals surface area contributed by atoms with Gasteiger partial charge in [0, 0.05) is 25.2 Å². The predicted molar refractivity (Wildman–Crippen MR) is 246 cm³/mol. The van der Waals surface area contributed by atoms with Gasteiger partial charge >= 0.3 is 12.2 Å². The van der Waals surface area contributed by atoms with Gasteiger partial charge in [0.2, 0.25) is 11.8 Å². The number of fused-ring (bicyclic) bond motifs is 7. The molecule has 2 saturated heterocycles. The molecule has 0 radical (unpaired) electrons. The number of carbonyl (C=O) groups is 4. The van der Waals surface area contributed by atoms with Crippen LogP contribution in [0, 0.1) is 23.7 Å². The van der Waals surface area contributed by atoms with Crippen LogP contribution in [-0.2, 0) is 31.0 Å². The first kappa shape index (κ1) is 41.8. The highest BCUT2D eigenvalue weighted by atomic mass is 16.5. The highest BCUT2D eigenvalue weighted by Gasteiger charge is 2.58. The van der Waals surface area contributed by atoms with E-state index in [4.69, 9.17) is 19.5 Å². The zero-order valence-electron chi connectivity index (χ0n) is 37.5. The van der Waals surface area contributed by atoms with Crippen LogP contribution in [0.15, 0.2) is 77.8 Å². The van der Waals surface area contributed by atoms with E-state index < -0.39 is 35.3 Å². The molecule has 4 fully saturated rings. The van der Waals surface area contributed by atoms with E-state index in [-0.39, 0.29) is 23.7 Å². The van der Waals surface area contributed by atoms with Crippen molar-refractivity contribution in [3.8, 4) is 22.3 Å². The van der Waals surface area contributed by atoms with Gasteiger partial charge in [0.05, 0.1) is 36.5 Å². The summed E-state index contributed by atoms with van der Waals surface area (Å²) in [5.74, 6) is 1.22. The van der Waals surface area contributed by atoms with Crippen LogP contribution in [0.5, 0.6) is 0 Å². The summed E-state index contributed by atoms with van der Waals surface area (Å²) >= 11 is 0. The molecular formula is C51H57N7O6. The van der Waals surface area contributed by atoms with Gasteiger partial charge in [-0.1, -0.05) is 82.3 Å². The van der Waals surface area contributed by atoms with E-state index in [0.717, 1.165) is 105 Å². The summed E-state index contributed by atoms with van der Waals surface area (Å²) in [4.78, 5) is 70.9. The number of likely N-dealkylation sites (tertiary alicyclic amines) is 2. The molecule has 3 aliphatic heterocycles. The largest absolute Gasteiger partial charge is 0.453 e. The number of aliphatic imine (C=N–C) groups is 1. The molecule has 4 aromatic carbocycles. The molecule has 13 nitrogen and oxygen atoms in total. The maximum Gasteiger partial charge on any atom is 0.407 e. The minimum absolute atomic E-state index is 0.0640. The number of hydrogen-bond acceptors (Lipinski definition) is 8. The van der Waals surface area contributed by atoms with Gasteiger partial charge in [-0.2, -0.15) is 0 Å². The smallest absolute Gasteiger partial charge is 0.407 e. The van der Waals surface area contributed by atoms with E-state index in [0.29, 0.717) is 31.3 Å². The third-order valence-corrected chi connectivity index (χ3v) is 15.1. The number of carbonyl (C=O) groups excluding carboxylic acids is 4. The number of nitrogens with zero attached hydrogens (tertiary/aromatic N) is 4. The van der Waals surface area contributed by atoms with Crippen molar-refractivity contribution >= 4 is 57.2 Å². The molecule has 5 aromatic rings. The van der Waals surface area contributed by atoms with Crippen molar-refractivity contribution < 1.29 is 28.7 Å². The number of amides is 4. The van der Waals surface area contributed by atoms with Gasteiger partial charge in [-0.25, -0.2) is 14.6 Å². The van der Waals surface area contributed by atoms with Crippen LogP contribution in [0.4, 0.5) is 15.3 Å². The van der Waals surface area contributed by atoms with Crippen LogP contribution in [0.3, 0.4) is 0 Å². The molecule has 64 heavy (non-hydrogen) atoms. The summed E-state index contributed by atoms with van der Waals surface area (Å²) < 4.78 is 9.74. The highest BCUT2D eigenvalue weighted by molar-refractivity contribution is 6.07. The molecule has 4 heterocycles. The molecule has 2 aliphatic carbocycles. The Balaban J connectivity index is 0.943. The molecule has 5 aliphatic rings. The van der Waals surface area contributed by atoms with Gasteiger partial charge in [0.15, 0.2) is 0 Å². The number of piperidine rings is 2. The summed E-state index contributed by atoms with van der Waals surface area (Å²) in [5, 5.41) is 7.84. The fourth-order valence-corrected chi connectivity index (χ4v) is 11.8. The van der Waals surface area contributed by atoms with Crippen LogP contribution in [0.25, 0.3) is 44.1 Å². The van der Waals surface area contributed by atoms with Gasteiger partial charge in [-0.05, 0) is 119 Å². The average Bonchev–Trinajstić information content (AvgIpc) is 4.17. The van der Waals surface area contributed by atoms with Crippen molar-refractivity contribution in [1.29, 1.82) is 0 Å². The van der Waals surface area contributed by atoms with Crippen LogP contribution >= 0.6 is 0 Å². The van der Waals surface area contributed by atoms with Crippen LogP contribution in [-0.4, -0.2) is 94.4 Å². The number of imidazole rings is 1. The maximum absolute atomic E-state index is 14.2. The minimum atomic E-state index is -0.699. The molecule has 4 bridgehead atoms. The predicted octanol–water partition coefficient (Wildman–Crippen LogP) is 8.66. The van der Waals surface area contributed by atoms with Crippen molar-refractivity contribution in [2.45, 2.75) is 95.8 Å². The number of benzene rings is 4. The topological polar surface area (TPSA) is 158 Å². The summed E-state index contributed by atoms with van der Waals surface area (Å²) in [6.07, 6.45) is 4.99. The molecule has 332 valence electrons. The van der Waals surface area contributed by atoms with E-state index >= 15 is 0 Å². The van der Waals surface area contributed by atoms with Crippen molar-refractivity contribution in [2.24, 2.45) is 28.7 Å². The monoisotopic (exact) mass is 863 g/mol. The Labute approximate surface area is 373 Å². The summed E-state index contributed by atoms with van der Waals surface area (Å²) in [6.45, 7) is 9.09. The molecule has 3 N–H and O–H groups in total. The van der Waals surface area contributed by atoms with Crippen molar-refractivity contribution in [1.82, 2.24) is 30.4 Å². The molecule has 10 rings (SSSR count). The molecule has 1 aromatic heterocycles. The Morgan fingerprint density at radius 1 is 0.719 bits per heavy atom. The van der Waals surface area contributed by atoms with Crippen molar-refractivity contribution in [3.05, 3.63) is 84.2 Å².